The minimum absolute atomic E-state index is 0.742. The summed E-state index contributed by atoms with van der Waals surface area (Å²) in [6.07, 6.45) is 0. The molecule has 5 heteroatoms. The molecule has 4 heterocycles. The Balaban J connectivity index is 1.20. The van der Waals surface area contributed by atoms with E-state index >= 15 is 0 Å². The highest BCUT2D eigenvalue weighted by Gasteiger charge is 2.15. The first kappa shape index (κ1) is 25.4. The average Bonchev–Trinajstić information content (AvgIpc) is 3.78. The van der Waals surface area contributed by atoms with Crippen LogP contribution in [0.15, 0.2) is 133 Å². The molecule has 0 aliphatic rings. The minimum atomic E-state index is 0.742. The third kappa shape index (κ3) is 4.05. The molecule has 0 aliphatic heterocycles. The molecule has 0 saturated carbocycles. The van der Waals surface area contributed by atoms with Crippen molar-refractivity contribution >= 4 is 94.5 Å². The van der Waals surface area contributed by atoms with Gasteiger partial charge in [-0.25, -0.2) is 9.97 Å². The maximum absolute atomic E-state index is 5.24. The van der Waals surface area contributed by atoms with Gasteiger partial charge in [-0.3, -0.25) is 0 Å². The molecule has 0 spiro atoms. The van der Waals surface area contributed by atoms with Gasteiger partial charge in [-0.15, -0.1) is 34.0 Å². The molecule has 10 rings (SSSR count). The largest absolute Gasteiger partial charge is 0.228 e. The van der Waals surface area contributed by atoms with Crippen LogP contribution >= 0.6 is 34.0 Å². The fourth-order valence-electron chi connectivity index (χ4n) is 6.51. The van der Waals surface area contributed by atoms with E-state index in [1.165, 1.54) is 60.5 Å². The Hall–Kier alpha value is -4.94. The van der Waals surface area contributed by atoms with Crippen molar-refractivity contribution in [3.05, 3.63) is 133 Å². The normalized spacial score (nSPS) is 12.0. The summed E-state index contributed by atoms with van der Waals surface area (Å²) in [4.78, 5) is 10.5. The van der Waals surface area contributed by atoms with Crippen molar-refractivity contribution in [3.8, 4) is 33.9 Å². The van der Waals surface area contributed by atoms with Gasteiger partial charge in [0.15, 0.2) is 5.82 Å². The number of hydrogen-bond acceptors (Lipinski definition) is 5. The fraction of sp³-hybridized carbons (Fsp3) is 0. The number of thiophene rings is 3. The van der Waals surface area contributed by atoms with E-state index in [-0.39, 0.29) is 0 Å². The van der Waals surface area contributed by atoms with Crippen LogP contribution in [-0.2, 0) is 0 Å². The second kappa shape index (κ2) is 9.78. The van der Waals surface area contributed by atoms with Gasteiger partial charge in [0.05, 0.1) is 11.4 Å². The molecule has 0 unspecified atom stereocenters. The van der Waals surface area contributed by atoms with Crippen LogP contribution in [0.4, 0.5) is 0 Å². The van der Waals surface area contributed by atoms with Crippen molar-refractivity contribution in [2.75, 3.05) is 0 Å². The van der Waals surface area contributed by atoms with Crippen molar-refractivity contribution in [3.63, 3.8) is 0 Å². The van der Waals surface area contributed by atoms with Crippen molar-refractivity contribution in [2.45, 2.75) is 0 Å². The van der Waals surface area contributed by atoms with E-state index in [1.54, 1.807) is 0 Å². The van der Waals surface area contributed by atoms with Crippen molar-refractivity contribution in [1.82, 2.24) is 9.97 Å². The van der Waals surface area contributed by atoms with E-state index in [0.717, 1.165) is 33.9 Å². The van der Waals surface area contributed by atoms with E-state index < -0.39 is 0 Å². The number of rotatable bonds is 3. The Morgan fingerprint density at radius 2 is 0.733 bits per heavy atom. The number of fused-ring (bicyclic) bond motifs is 9. The van der Waals surface area contributed by atoms with Gasteiger partial charge in [-0.2, -0.15) is 0 Å². The van der Waals surface area contributed by atoms with Crippen LogP contribution in [0.3, 0.4) is 0 Å². The van der Waals surface area contributed by atoms with Crippen LogP contribution in [0.25, 0.3) is 94.4 Å². The Bertz CT molecular complexity index is 2650. The van der Waals surface area contributed by atoms with E-state index in [0.29, 0.717) is 0 Å². The molecule has 2 nitrogen and oxygen atoms in total. The first-order chi connectivity index (χ1) is 22.2. The maximum Gasteiger partial charge on any atom is 0.160 e. The maximum atomic E-state index is 5.24. The molecule has 0 amide bonds. The highest BCUT2D eigenvalue weighted by molar-refractivity contribution is 7.26. The van der Waals surface area contributed by atoms with Crippen LogP contribution in [0, 0.1) is 0 Å². The second-order valence-corrected chi connectivity index (χ2v) is 14.6. The molecule has 0 atom stereocenters. The Labute approximate surface area is 270 Å². The fourth-order valence-corrected chi connectivity index (χ4v) is 9.83. The first-order valence-corrected chi connectivity index (χ1v) is 17.3. The zero-order valence-corrected chi connectivity index (χ0v) is 26.3. The third-order valence-electron chi connectivity index (χ3n) is 8.71. The standard InChI is InChI=1S/C40H22N2S3/c1-4-10-34-26(7-1)29-16-13-24(21-39(29)45-34)33-22-32(23-14-17-37-30(19-23)27-8-2-5-11-35(27)43-37)41-40(42-33)25-15-18-38-31(20-25)28-9-3-6-12-36(28)44-38/h1-22H. The monoisotopic (exact) mass is 626 g/mol. The molecule has 45 heavy (non-hydrogen) atoms. The second-order valence-electron chi connectivity index (χ2n) is 11.4. The SMILES string of the molecule is c1ccc2c(c1)sc1cc(-c3cc(-c4ccc5sc6ccccc6c5c4)nc(-c4ccc5sc6ccccc6c5c4)n3)ccc12. The van der Waals surface area contributed by atoms with Gasteiger partial charge in [0.2, 0.25) is 0 Å². The Morgan fingerprint density at radius 1 is 0.311 bits per heavy atom. The lowest BCUT2D eigenvalue weighted by molar-refractivity contribution is 1.19. The summed E-state index contributed by atoms with van der Waals surface area (Å²) in [7, 11) is 0. The molecule has 0 fully saturated rings. The average molecular weight is 627 g/mol. The summed E-state index contributed by atoms with van der Waals surface area (Å²) >= 11 is 5.51. The van der Waals surface area contributed by atoms with Gasteiger partial charge in [0, 0.05) is 77.2 Å². The molecule has 0 saturated heterocycles. The smallest absolute Gasteiger partial charge is 0.160 e. The summed E-state index contributed by atoms with van der Waals surface area (Å²) in [6, 6.07) is 48.3. The van der Waals surface area contributed by atoms with Gasteiger partial charge in [0.25, 0.3) is 0 Å². The van der Waals surface area contributed by atoms with Crippen molar-refractivity contribution < 1.29 is 0 Å². The topological polar surface area (TPSA) is 25.8 Å². The zero-order valence-electron chi connectivity index (χ0n) is 23.8. The van der Waals surface area contributed by atoms with Crippen LogP contribution in [0.5, 0.6) is 0 Å². The van der Waals surface area contributed by atoms with Gasteiger partial charge < -0.3 is 0 Å². The van der Waals surface area contributed by atoms with E-state index in [1.807, 2.05) is 34.0 Å². The highest BCUT2D eigenvalue weighted by Crippen LogP contribution is 2.40. The lowest BCUT2D eigenvalue weighted by Gasteiger charge is -2.10. The third-order valence-corrected chi connectivity index (χ3v) is 12.1. The Morgan fingerprint density at radius 3 is 1.36 bits per heavy atom. The highest BCUT2D eigenvalue weighted by atomic mass is 32.1. The number of aromatic nitrogens is 2. The molecule has 0 N–H and O–H groups in total. The van der Waals surface area contributed by atoms with Crippen LogP contribution in [-0.4, -0.2) is 9.97 Å². The van der Waals surface area contributed by atoms with Gasteiger partial charge in [-0.1, -0.05) is 72.8 Å². The molecule has 0 bridgehead atoms. The summed E-state index contributed by atoms with van der Waals surface area (Å²) in [5.74, 6) is 0.742. The van der Waals surface area contributed by atoms with Crippen molar-refractivity contribution in [1.29, 1.82) is 0 Å². The summed E-state index contributed by atoms with van der Waals surface area (Å²) in [5.41, 5.74) is 5.09. The van der Waals surface area contributed by atoms with E-state index in [9.17, 15) is 0 Å². The summed E-state index contributed by atoms with van der Waals surface area (Å²) < 4.78 is 7.75. The predicted molar refractivity (Wildman–Crippen MR) is 197 cm³/mol. The van der Waals surface area contributed by atoms with Gasteiger partial charge >= 0.3 is 0 Å². The minimum Gasteiger partial charge on any atom is -0.228 e. The lowest BCUT2D eigenvalue weighted by atomic mass is 10.0. The van der Waals surface area contributed by atoms with E-state index in [2.05, 4.69) is 133 Å². The molecule has 6 aromatic carbocycles. The zero-order chi connectivity index (χ0) is 29.5. The molecule has 210 valence electrons. The quantitative estimate of drug-likeness (QED) is 0.195. The summed E-state index contributed by atoms with van der Waals surface area (Å²) in [6.45, 7) is 0. The number of hydrogen-bond donors (Lipinski definition) is 0. The van der Waals surface area contributed by atoms with Gasteiger partial charge in [0.1, 0.15) is 0 Å². The summed E-state index contributed by atoms with van der Waals surface area (Å²) in [5, 5.41) is 7.69. The van der Waals surface area contributed by atoms with Crippen molar-refractivity contribution in [2.24, 2.45) is 0 Å². The molecule has 10 aromatic rings. The number of nitrogens with zero attached hydrogens (tertiary/aromatic N) is 2. The molecule has 4 aromatic heterocycles. The van der Waals surface area contributed by atoms with Gasteiger partial charge in [-0.05, 0) is 60.7 Å². The predicted octanol–water partition coefficient (Wildman–Crippen LogP) is 12.6. The Kier molecular flexibility index (Phi) is 5.52. The van der Waals surface area contributed by atoms with Crippen LogP contribution in [0.1, 0.15) is 0 Å². The first-order valence-electron chi connectivity index (χ1n) is 14.9. The molecule has 0 radical (unpaired) electrons. The number of benzene rings is 6. The van der Waals surface area contributed by atoms with Crippen LogP contribution < -0.4 is 0 Å². The molecular weight excluding hydrogens is 605 g/mol. The molecule has 0 aliphatic carbocycles. The van der Waals surface area contributed by atoms with Crippen LogP contribution in [0.2, 0.25) is 0 Å². The lowest BCUT2D eigenvalue weighted by Crippen LogP contribution is -1.96. The molecular formula is C40H22N2S3. The van der Waals surface area contributed by atoms with E-state index in [4.69, 9.17) is 9.97 Å².